The number of methoxy groups -OCH3 is 3. The Morgan fingerprint density at radius 2 is 0.883 bits per heavy atom. The molecule has 3 amide bonds. The summed E-state index contributed by atoms with van der Waals surface area (Å²) >= 11 is 0. The van der Waals surface area contributed by atoms with Gasteiger partial charge in [0.1, 0.15) is 17.1 Å². The van der Waals surface area contributed by atoms with E-state index in [2.05, 4.69) is 109 Å². The first-order valence-corrected chi connectivity index (χ1v) is 33.3. The van der Waals surface area contributed by atoms with Crippen LogP contribution in [-0.2, 0) is 35.5 Å². The highest BCUT2D eigenvalue weighted by molar-refractivity contribution is 6.08. The first-order chi connectivity index (χ1) is 49.4. The molecule has 103 heavy (non-hydrogen) atoms. The number of hydrogen-bond donors (Lipinski definition) is 9. The number of H-pyrrole nitrogens is 3. The minimum Gasteiger partial charge on any atom is -0.478 e. The van der Waals surface area contributed by atoms with Gasteiger partial charge in [-0.05, 0) is 104 Å². The van der Waals surface area contributed by atoms with E-state index in [1.165, 1.54) is 0 Å². The summed E-state index contributed by atoms with van der Waals surface area (Å²) in [5.41, 5.74) is 11.2. The molecule has 33 nitrogen and oxygen atoms in total. The predicted molar refractivity (Wildman–Crippen MR) is 396 cm³/mol. The molecule has 0 saturated carbocycles. The molecule has 1 aliphatic rings. The number of anilines is 9. The molecule has 0 spiro atoms. The van der Waals surface area contributed by atoms with Crippen LogP contribution >= 0.6 is 0 Å². The number of nitrogens with zero attached hydrogens (tertiary/aromatic N) is 18. The summed E-state index contributed by atoms with van der Waals surface area (Å²) in [5.74, 6) is 3.72. The number of hydrogen-bond acceptors (Lipinski definition) is 24. The number of piperazine rings is 1. The van der Waals surface area contributed by atoms with Gasteiger partial charge in [0.05, 0.1) is 85.1 Å². The number of ether oxygens (including phenoxy) is 3. The second kappa shape index (κ2) is 30.9. The Balaban J connectivity index is 0.000000156. The number of aromatic amines is 3. The number of aryl methyl sites for hydroxylation is 6. The van der Waals surface area contributed by atoms with Gasteiger partial charge in [0.25, 0.3) is 17.6 Å². The van der Waals surface area contributed by atoms with E-state index in [0.29, 0.717) is 70.0 Å². The molecule has 12 aromatic heterocycles. The SMILES string of the molecule is CC[C@H](C)C(=O)Nc1nccc2c(-c3nc(Nc4cn(C)nc4OC)ncc3C)c[nH]c12.COc1nn(C)cc1Nc1ncc(C)c(-c2c[nH]c3c(NC(=O)C(C)(C)N4CCN(C)CC4)nccc23)n1.COc1nn(C)cc1Nc1ncc(C)c(-c2c[nH]c3c(NC(=O)[C@@H](C)N(C)C)nccc23)n1. The Hall–Kier alpha value is -12.0. The van der Waals surface area contributed by atoms with Crippen molar-refractivity contribution in [3.63, 3.8) is 0 Å². The molecule has 0 aliphatic carbocycles. The van der Waals surface area contributed by atoms with Crippen LogP contribution in [0.4, 0.5) is 52.4 Å². The number of likely N-dealkylation sites (N-methyl/N-ethyl adjacent to an activating group) is 2. The molecule has 1 fully saturated rings. The van der Waals surface area contributed by atoms with Crippen molar-refractivity contribution < 1.29 is 28.6 Å². The maximum absolute atomic E-state index is 13.4. The minimum absolute atomic E-state index is 0.0567. The molecule has 1 saturated heterocycles. The molecule has 13 rings (SSSR count). The highest BCUT2D eigenvalue weighted by Gasteiger charge is 2.37. The maximum Gasteiger partial charge on any atom is 0.256 e. The lowest BCUT2D eigenvalue weighted by molar-refractivity contribution is -0.127. The molecule has 0 aromatic carbocycles. The second-order valence-corrected chi connectivity index (χ2v) is 25.8. The zero-order valence-electron chi connectivity index (χ0n) is 60.8. The van der Waals surface area contributed by atoms with Crippen LogP contribution in [0.2, 0.25) is 0 Å². The largest absolute Gasteiger partial charge is 0.478 e. The van der Waals surface area contributed by atoms with Crippen molar-refractivity contribution in [2.75, 3.05) is 101 Å². The molecule has 33 heteroatoms. The number of aromatic nitrogens is 18. The Kier molecular flexibility index (Phi) is 21.7. The second-order valence-electron chi connectivity index (χ2n) is 25.8. The maximum atomic E-state index is 13.4. The Morgan fingerprint density at radius 1 is 0.534 bits per heavy atom. The van der Waals surface area contributed by atoms with E-state index in [-0.39, 0.29) is 29.7 Å². The van der Waals surface area contributed by atoms with Crippen LogP contribution in [-0.4, -0.2) is 202 Å². The number of fused-ring (bicyclic) bond motifs is 3. The van der Waals surface area contributed by atoms with Crippen molar-refractivity contribution in [2.24, 2.45) is 27.1 Å². The van der Waals surface area contributed by atoms with E-state index in [9.17, 15) is 14.4 Å². The Bertz CT molecular complexity index is 5030. The van der Waals surface area contributed by atoms with Crippen LogP contribution in [0.3, 0.4) is 0 Å². The van der Waals surface area contributed by atoms with Crippen molar-refractivity contribution >= 4 is 103 Å². The van der Waals surface area contributed by atoms with Gasteiger partial charge >= 0.3 is 0 Å². The van der Waals surface area contributed by atoms with E-state index in [1.807, 2.05) is 132 Å². The van der Waals surface area contributed by atoms with Gasteiger partial charge in [0, 0.05) is 142 Å². The highest BCUT2D eigenvalue weighted by atomic mass is 16.5. The van der Waals surface area contributed by atoms with Crippen molar-refractivity contribution in [1.82, 2.24) is 104 Å². The number of carbonyl (C=O) groups excluding carboxylic acids is 3. The summed E-state index contributed by atoms with van der Waals surface area (Å²) in [6, 6.07) is 5.42. The summed E-state index contributed by atoms with van der Waals surface area (Å²) < 4.78 is 20.9. The Labute approximate surface area is 594 Å². The fourth-order valence-corrected chi connectivity index (χ4v) is 11.5. The van der Waals surface area contributed by atoms with Gasteiger partial charge in [-0.3, -0.25) is 38.2 Å². The zero-order valence-corrected chi connectivity index (χ0v) is 60.8. The lowest BCUT2D eigenvalue weighted by atomic mass is 10.00. The first kappa shape index (κ1) is 72.3. The number of rotatable bonds is 21. The summed E-state index contributed by atoms with van der Waals surface area (Å²) in [6.07, 6.45) is 22.1. The third-order valence-corrected chi connectivity index (χ3v) is 18.0. The van der Waals surface area contributed by atoms with Crippen LogP contribution in [0.25, 0.3) is 66.5 Å². The standard InChI is InChI=1S/C26H34N10O2.C22H27N9O2.C22H26N8O2/c1-16-13-29-25(30-19-15-35(5)33-23(19)38-6)31-20(16)18-14-28-21-17(18)7-8-27-22(21)32-24(37)26(2,3)36-11-9-34(4)10-12-36;1-12-9-25-22(26-16-11-31(5)29-21(16)33-6)27-17(12)15-10-24-18-14(15)7-8-23-19(18)28-20(32)13(2)30(3)4;1-6-12(2)20(31)28-19-18-14(7-8-23-19)15(10-24-18)17-13(3)9-25-22(27-17)26-16-11-30(4)29-21(16)32-5/h7-8,13-15,28H,9-12H2,1-6H3,(H,27,32,37)(H,29,30,31);7-11,13,24H,1-6H3,(H,23,28,32)(H,25,26,27);7-12,24H,6H2,1-5H3,(H,23,28,31)(H,25,26,27)/t;13-;12-/m.10/s1. The smallest absolute Gasteiger partial charge is 0.256 e. The van der Waals surface area contributed by atoms with E-state index in [0.717, 1.165) is 116 Å². The topological polar surface area (TPSA) is 378 Å². The van der Waals surface area contributed by atoms with Gasteiger partial charge in [-0.1, -0.05) is 13.8 Å². The Morgan fingerprint density at radius 3 is 1.22 bits per heavy atom. The summed E-state index contributed by atoms with van der Waals surface area (Å²) in [5, 5.41) is 33.9. The first-order valence-electron chi connectivity index (χ1n) is 33.3. The van der Waals surface area contributed by atoms with Gasteiger partial charge < -0.3 is 66.0 Å². The third-order valence-electron chi connectivity index (χ3n) is 18.0. The van der Waals surface area contributed by atoms with Crippen LogP contribution < -0.4 is 46.1 Å². The van der Waals surface area contributed by atoms with Gasteiger partial charge in [-0.2, -0.15) is 0 Å². The third kappa shape index (κ3) is 15.8. The van der Waals surface area contributed by atoms with Crippen LogP contribution in [0.5, 0.6) is 17.6 Å². The van der Waals surface area contributed by atoms with Gasteiger partial charge in [-0.15, -0.1) is 15.3 Å². The zero-order chi connectivity index (χ0) is 73.6. The lowest BCUT2D eigenvalue weighted by Gasteiger charge is -2.41. The molecule has 12 aromatic rings. The molecule has 0 unspecified atom stereocenters. The van der Waals surface area contributed by atoms with Crippen molar-refractivity contribution in [2.45, 2.75) is 73.4 Å². The van der Waals surface area contributed by atoms with E-state index >= 15 is 0 Å². The molecule has 0 bridgehead atoms. The molecule has 9 N–H and O–H groups in total. The fraction of sp³-hybridized carbons (Fsp3) is 0.357. The molecule has 13 heterocycles. The van der Waals surface area contributed by atoms with Crippen LogP contribution in [0.1, 0.15) is 57.7 Å². The van der Waals surface area contributed by atoms with Gasteiger partial charge in [-0.25, -0.2) is 44.9 Å². The average Bonchev–Trinajstić information content (AvgIpc) is 1.67. The molecule has 0 radical (unpaired) electrons. The summed E-state index contributed by atoms with van der Waals surface area (Å²) in [7, 11) is 15.9. The molecule has 1 aliphatic heterocycles. The molecular weight excluding hydrogens is 1310 g/mol. The van der Waals surface area contributed by atoms with E-state index in [4.69, 9.17) is 29.2 Å². The van der Waals surface area contributed by atoms with Crippen LogP contribution in [0.15, 0.2) is 92.6 Å². The summed E-state index contributed by atoms with van der Waals surface area (Å²) in [4.78, 5) is 95.2. The van der Waals surface area contributed by atoms with Crippen molar-refractivity contribution in [1.29, 1.82) is 0 Å². The van der Waals surface area contributed by atoms with E-state index < -0.39 is 5.54 Å². The number of amides is 3. The average molecular weight is 1400 g/mol. The van der Waals surface area contributed by atoms with Crippen molar-refractivity contribution in [3.05, 3.63) is 109 Å². The number of carbonyl (C=O) groups is 3. The van der Waals surface area contributed by atoms with Crippen molar-refractivity contribution in [3.8, 4) is 51.4 Å². The molecule has 538 valence electrons. The minimum atomic E-state index is -0.669. The molecular formula is C70H87N27O6. The van der Waals surface area contributed by atoms with E-state index in [1.54, 1.807) is 91.1 Å². The van der Waals surface area contributed by atoms with Gasteiger partial charge in [0.15, 0.2) is 17.5 Å². The molecule has 2 atom stereocenters. The monoisotopic (exact) mass is 1400 g/mol. The highest BCUT2D eigenvalue weighted by Crippen LogP contribution is 2.38. The summed E-state index contributed by atoms with van der Waals surface area (Å²) in [6.45, 7) is 19.1. The van der Waals surface area contributed by atoms with Gasteiger partial charge in [0.2, 0.25) is 35.6 Å². The predicted octanol–water partition coefficient (Wildman–Crippen LogP) is 9.28. The fourth-order valence-electron chi connectivity index (χ4n) is 11.5. The number of pyridine rings is 3. The lowest BCUT2D eigenvalue weighted by Crippen LogP contribution is -2.58. The normalized spacial score (nSPS) is 13.2. The number of nitrogens with one attached hydrogen (secondary N) is 9. The van der Waals surface area contributed by atoms with Crippen LogP contribution in [0, 0.1) is 26.7 Å². The quantitative estimate of drug-likeness (QED) is 0.0323.